The third kappa shape index (κ3) is 13.3. The number of aromatic hydroxyl groups is 1. The Morgan fingerprint density at radius 3 is 2.07 bits per heavy atom. The van der Waals surface area contributed by atoms with Crippen LogP contribution in [0.4, 0.5) is 20.6 Å². The molecule has 4 rings (SSSR count). The number of urea groups is 1. The number of carbonyl (C=O) groups is 2. The molecule has 0 saturated carbocycles. The number of nitrogens with zero attached hydrogens (tertiary/aromatic N) is 1. The molecule has 0 aliphatic carbocycles. The quantitative estimate of drug-likeness (QED) is 0.237. The highest BCUT2D eigenvalue weighted by Crippen LogP contribution is 2.16. The van der Waals surface area contributed by atoms with E-state index in [1.54, 1.807) is 36.4 Å². The van der Waals surface area contributed by atoms with E-state index in [0.29, 0.717) is 29.2 Å². The number of benzene rings is 3. The first-order valence-electron chi connectivity index (χ1n) is 14.6. The smallest absolute Gasteiger partial charge is 0.323 e. The fourth-order valence-corrected chi connectivity index (χ4v) is 4.07. The molecule has 1 aliphatic rings. The Morgan fingerprint density at radius 1 is 0.878 bits per heavy atom. The standard InChI is InChI=1S/C20H23FN4O2.C9H12O.2C2H6/c21-16-6-4-8-18(14-16)24-20(27)23-17-7-3-5-15(13-17)19(26)22-9-12-25-10-1-2-11-25;1-3-8-6-9(10)5-4-7(8)2;2*1-2/h3-8,13-14H,1-2,9-12H2,(H,22,26)(H2,23,24,27);4-6,10H,3H2,1-2H3;2*1-2H3. The molecule has 3 amide bonds. The molecule has 0 aromatic heterocycles. The first kappa shape index (κ1) is 35.1. The molecule has 0 bridgehead atoms. The molecule has 41 heavy (non-hydrogen) atoms. The second-order valence-electron chi connectivity index (χ2n) is 8.94. The van der Waals surface area contributed by atoms with Crippen molar-refractivity contribution in [3.05, 3.63) is 89.2 Å². The zero-order valence-electron chi connectivity index (χ0n) is 25.4. The summed E-state index contributed by atoms with van der Waals surface area (Å²) < 4.78 is 13.2. The average Bonchev–Trinajstić information content (AvgIpc) is 3.50. The minimum atomic E-state index is -0.507. The molecule has 1 fully saturated rings. The van der Waals surface area contributed by atoms with Crippen LogP contribution in [0, 0.1) is 12.7 Å². The van der Waals surface area contributed by atoms with Gasteiger partial charge in [0.15, 0.2) is 0 Å². The molecule has 1 heterocycles. The lowest BCUT2D eigenvalue weighted by Gasteiger charge is -2.15. The van der Waals surface area contributed by atoms with Gasteiger partial charge in [0.05, 0.1) is 0 Å². The van der Waals surface area contributed by atoms with E-state index in [4.69, 9.17) is 5.11 Å². The Morgan fingerprint density at radius 2 is 1.49 bits per heavy atom. The fraction of sp³-hybridized carbons (Fsp3) is 0.394. The third-order valence-electron chi connectivity index (χ3n) is 6.09. The van der Waals surface area contributed by atoms with E-state index in [-0.39, 0.29) is 5.91 Å². The van der Waals surface area contributed by atoms with Crippen molar-refractivity contribution in [1.29, 1.82) is 0 Å². The van der Waals surface area contributed by atoms with Gasteiger partial charge >= 0.3 is 6.03 Å². The lowest BCUT2D eigenvalue weighted by molar-refractivity contribution is 0.0949. The van der Waals surface area contributed by atoms with Crippen molar-refractivity contribution < 1.29 is 19.1 Å². The largest absolute Gasteiger partial charge is 0.508 e. The van der Waals surface area contributed by atoms with Crippen LogP contribution in [-0.4, -0.2) is 48.1 Å². The Balaban J connectivity index is 0.000000501. The molecular formula is C33H47FN4O3. The number of hydrogen-bond donors (Lipinski definition) is 4. The van der Waals surface area contributed by atoms with Crippen molar-refractivity contribution in [1.82, 2.24) is 10.2 Å². The number of likely N-dealkylation sites (tertiary alicyclic amines) is 1. The Hall–Kier alpha value is -3.91. The number of anilines is 2. The minimum absolute atomic E-state index is 0.177. The summed E-state index contributed by atoms with van der Waals surface area (Å²) in [6.45, 7) is 15.8. The molecule has 8 heteroatoms. The van der Waals surface area contributed by atoms with Crippen LogP contribution >= 0.6 is 0 Å². The van der Waals surface area contributed by atoms with Gasteiger partial charge in [-0.1, -0.05) is 52.8 Å². The highest BCUT2D eigenvalue weighted by molar-refractivity contribution is 6.01. The van der Waals surface area contributed by atoms with Gasteiger partial charge in [-0.25, -0.2) is 9.18 Å². The first-order valence-corrected chi connectivity index (χ1v) is 14.6. The second-order valence-corrected chi connectivity index (χ2v) is 8.94. The molecule has 1 saturated heterocycles. The summed E-state index contributed by atoms with van der Waals surface area (Å²) >= 11 is 0. The van der Waals surface area contributed by atoms with Gasteiger partial charge in [-0.3, -0.25) is 4.79 Å². The molecule has 0 atom stereocenters. The number of aryl methyl sites for hydroxylation is 2. The molecule has 1 aliphatic heterocycles. The summed E-state index contributed by atoms with van der Waals surface area (Å²) in [5.74, 6) is -0.244. The highest BCUT2D eigenvalue weighted by atomic mass is 19.1. The van der Waals surface area contributed by atoms with Crippen LogP contribution in [0.2, 0.25) is 0 Å². The van der Waals surface area contributed by atoms with E-state index in [0.717, 1.165) is 26.1 Å². The van der Waals surface area contributed by atoms with E-state index < -0.39 is 11.8 Å². The van der Waals surface area contributed by atoms with Gasteiger partial charge in [-0.05, 0) is 98.9 Å². The van der Waals surface area contributed by atoms with E-state index in [1.165, 1.54) is 42.2 Å². The Labute approximate surface area is 245 Å². The van der Waals surface area contributed by atoms with E-state index >= 15 is 0 Å². The topological polar surface area (TPSA) is 93.7 Å². The number of hydrogen-bond acceptors (Lipinski definition) is 4. The molecule has 7 nitrogen and oxygen atoms in total. The van der Waals surface area contributed by atoms with Gasteiger partial charge in [0.25, 0.3) is 5.91 Å². The number of amides is 3. The first-order chi connectivity index (χ1) is 19.8. The van der Waals surface area contributed by atoms with Crippen LogP contribution in [0.3, 0.4) is 0 Å². The normalized spacial score (nSPS) is 11.9. The fourth-order valence-electron chi connectivity index (χ4n) is 4.07. The van der Waals surface area contributed by atoms with Gasteiger partial charge in [0.1, 0.15) is 11.6 Å². The van der Waals surface area contributed by atoms with Crippen molar-refractivity contribution in [2.45, 2.75) is 60.8 Å². The second kappa shape index (κ2) is 20.0. The zero-order chi connectivity index (χ0) is 30.6. The Bertz CT molecular complexity index is 1200. The van der Waals surface area contributed by atoms with Crippen LogP contribution in [0.1, 0.15) is 68.9 Å². The lowest BCUT2D eigenvalue weighted by atomic mass is 10.1. The molecule has 3 aromatic rings. The number of rotatable bonds is 7. The number of nitrogens with one attached hydrogen (secondary N) is 3. The van der Waals surface area contributed by atoms with Crippen molar-refractivity contribution in [3.63, 3.8) is 0 Å². The average molecular weight is 567 g/mol. The molecule has 0 unspecified atom stereocenters. The summed E-state index contributed by atoms with van der Waals surface area (Å²) in [4.78, 5) is 26.7. The van der Waals surface area contributed by atoms with Gasteiger partial charge in [-0.15, -0.1) is 0 Å². The molecule has 224 valence electrons. The zero-order valence-corrected chi connectivity index (χ0v) is 25.4. The minimum Gasteiger partial charge on any atom is -0.508 e. The van der Waals surface area contributed by atoms with Crippen LogP contribution < -0.4 is 16.0 Å². The third-order valence-corrected chi connectivity index (χ3v) is 6.09. The molecule has 3 aromatic carbocycles. The molecular weight excluding hydrogens is 519 g/mol. The van der Waals surface area contributed by atoms with Crippen LogP contribution in [0.5, 0.6) is 5.75 Å². The summed E-state index contributed by atoms with van der Waals surface area (Å²) in [6, 6.07) is 17.3. The summed E-state index contributed by atoms with van der Waals surface area (Å²) in [7, 11) is 0. The summed E-state index contributed by atoms with van der Waals surface area (Å²) in [5, 5.41) is 17.2. The number of phenols is 1. The summed E-state index contributed by atoms with van der Waals surface area (Å²) in [5.41, 5.74) is 3.78. The van der Waals surface area contributed by atoms with Crippen molar-refractivity contribution in [2.24, 2.45) is 0 Å². The van der Waals surface area contributed by atoms with Gasteiger partial charge < -0.3 is 26.0 Å². The van der Waals surface area contributed by atoms with E-state index in [1.807, 2.05) is 39.8 Å². The number of phenolic OH excluding ortho intramolecular Hbond substituents is 1. The molecule has 0 spiro atoms. The molecule has 4 N–H and O–H groups in total. The summed E-state index contributed by atoms with van der Waals surface area (Å²) in [6.07, 6.45) is 3.43. The van der Waals surface area contributed by atoms with Crippen LogP contribution in [0.15, 0.2) is 66.7 Å². The maximum absolute atomic E-state index is 13.2. The van der Waals surface area contributed by atoms with Crippen molar-refractivity contribution in [2.75, 3.05) is 36.8 Å². The number of halogens is 1. The molecule has 0 radical (unpaired) electrons. The van der Waals surface area contributed by atoms with Gasteiger partial charge in [0.2, 0.25) is 0 Å². The van der Waals surface area contributed by atoms with E-state index in [9.17, 15) is 14.0 Å². The van der Waals surface area contributed by atoms with Gasteiger partial charge in [0, 0.05) is 30.0 Å². The predicted molar refractivity (Wildman–Crippen MR) is 168 cm³/mol. The monoisotopic (exact) mass is 566 g/mol. The SMILES string of the molecule is CC.CC.CCc1cc(O)ccc1C.O=C(Nc1cccc(F)c1)Nc1cccc(C(=O)NCCN2CCCC2)c1. The predicted octanol–water partition coefficient (Wildman–Crippen LogP) is 7.61. The van der Waals surface area contributed by atoms with Gasteiger partial charge in [-0.2, -0.15) is 0 Å². The highest BCUT2D eigenvalue weighted by Gasteiger charge is 2.12. The van der Waals surface area contributed by atoms with Crippen LogP contribution in [-0.2, 0) is 6.42 Å². The van der Waals surface area contributed by atoms with Crippen LogP contribution in [0.25, 0.3) is 0 Å². The maximum atomic E-state index is 13.2. The number of carbonyl (C=O) groups excluding carboxylic acids is 2. The van der Waals surface area contributed by atoms with E-state index in [2.05, 4.69) is 34.7 Å². The maximum Gasteiger partial charge on any atom is 0.323 e. The Kier molecular flexibility index (Phi) is 17.2. The van der Waals surface area contributed by atoms with Crippen molar-refractivity contribution in [3.8, 4) is 5.75 Å². The van der Waals surface area contributed by atoms with Crippen molar-refractivity contribution >= 4 is 23.3 Å². The lowest BCUT2D eigenvalue weighted by Crippen LogP contribution is -2.33.